The molecule has 0 spiro atoms. The van der Waals surface area contributed by atoms with Gasteiger partial charge in [0.25, 0.3) is 0 Å². The highest BCUT2D eigenvalue weighted by molar-refractivity contribution is 5.88. The molecule has 0 aromatic heterocycles. The third-order valence-electron chi connectivity index (χ3n) is 5.27. The lowest BCUT2D eigenvalue weighted by molar-refractivity contribution is -0.155. The summed E-state index contributed by atoms with van der Waals surface area (Å²) in [6.45, 7) is 9.54. The highest BCUT2D eigenvalue weighted by Gasteiger charge is 2.56. The number of fused-ring (bicyclic) bond motifs is 1. The molecule has 0 bridgehead atoms. The molecule has 2 fully saturated rings. The van der Waals surface area contributed by atoms with Crippen molar-refractivity contribution in [2.75, 3.05) is 7.11 Å². The van der Waals surface area contributed by atoms with E-state index >= 15 is 0 Å². The van der Waals surface area contributed by atoms with E-state index in [-0.39, 0.29) is 17.9 Å². The quantitative estimate of drug-likeness (QED) is 0.398. The molecule has 0 aliphatic heterocycles. The van der Waals surface area contributed by atoms with E-state index in [1.807, 2.05) is 6.92 Å². The van der Waals surface area contributed by atoms with Crippen LogP contribution in [0.15, 0.2) is 24.3 Å². The van der Waals surface area contributed by atoms with Crippen molar-refractivity contribution in [3.05, 3.63) is 24.3 Å². The maximum Gasteiger partial charge on any atom is 0.333 e. The number of aliphatic hydroxyl groups excluding tert-OH is 3. The molecule has 2 rings (SSSR count). The zero-order chi connectivity index (χ0) is 15.9. The molecule has 5 nitrogen and oxygen atoms in total. The highest BCUT2D eigenvalue weighted by Crippen LogP contribution is 2.54. The monoisotopic (exact) mass is 296 g/mol. The Labute approximate surface area is 124 Å². The normalized spacial score (nSPS) is 43.1. The summed E-state index contributed by atoms with van der Waals surface area (Å²) < 4.78 is 4.64. The topological polar surface area (TPSA) is 87.0 Å². The Hall–Kier alpha value is -1.17. The van der Waals surface area contributed by atoms with E-state index < -0.39 is 35.6 Å². The standard InChI is InChI=1S/C16H24O5/c1-8-5-6-11(18)16(3)7-10(17)12(14(19)13(8)16)9(2)15(20)21-4/h10-14,17-19H,1-2,5-7H2,3-4H3. The molecule has 0 saturated heterocycles. The second-order valence-corrected chi connectivity index (χ2v) is 6.50. The van der Waals surface area contributed by atoms with Crippen molar-refractivity contribution in [3.8, 4) is 0 Å². The smallest absolute Gasteiger partial charge is 0.333 e. The first-order valence-electron chi connectivity index (χ1n) is 7.23. The molecule has 3 N–H and O–H groups in total. The van der Waals surface area contributed by atoms with Crippen molar-refractivity contribution < 1.29 is 24.9 Å². The molecule has 118 valence electrons. The summed E-state index contributed by atoms with van der Waals surface area (Å²) in [5.74, 6) is -1.79. The second-order valence-electron chi connectivity index (χ2n) is 6.50. The van der Waals surface area contributed by atoms with Crippen molar-refractivity contribution >= 4 is 5.97 Å². The summed E-state index contributed by atoms with van der Waals surface area (Å²) in [7, 11) is 1.24. The average Bonchev–Trinajstić information content (AvgIpc) is 2.41. The van der Waals surface area contributed by atoms with Gasteiger partial charge in [-0.15, -0.1) is 0 Å². The van der Waals surface area contributed by atoms with E-state index in [0.717, 1.165) is 5.57 Å². The predicted molar refractivity (Wildman–Crippen MR) is 77.3 cm³/mol. The van der Waals surface area contributed by atoms with Gasteiger partial charge >= 0.3 is 5.97 Å². The van der Waals surface area contributed by atoms with Gasteiger partial charge in [0.15, 0.2) is 0 Å². The molecule has 0 amide bonds. The molecule has 0 heterocycles. The van der Waals surface area contributed by atoms with Gasteiger partial charge in [0, 0.05) is 22.8 Å². The summed E-state index contributed by atoms with van der Waals surface area (Å²) in [5, 5.41) is 31.4. The Morgan fingerprint density at radius 3 is 2.57 bits per heavy atom. The van der Waals surface area contributed by atoms with Crippen LogP contribution in [0.5, 0.6) is 0 Å². The minimum Gasteiger partial charge on any atom is -0.466 e. The van der Waals surface area contributed by atoms with Gasteiger partial charge in [-0.3, -0.25) is 0 Å². The summed E-state index contributed by atoms with van der Waals surface area (Å²) >= 11 is 0. The Kier molecular flexibility index (Phi) is 4.29. The van der Waals surface area contributed by atoms with Crippen LogP contribution in [-0.4, -0.2) is 46.7 Å². The number of methoxy groups -OCH3 is 1. The molecule has 6 atom stereocenters. The number of esters is 1. The van der Waals surface area contributed by atoms with Gasteiger partial charge in [-0.05, 0) is 19.3 Å². The van der Waals surface area contributed by atoms with Crippen LogP contribution >= 0.6 is 0 Å². The van der Waals surface area contributed by atoms with Gasteiger partial charge < -0.3 is 20.1 Å². The zero-order valence-corrected chi connectivity index (χ0v) is 12.6. The number of carbonyl (C=O) groups is 1. The van der Waals surface area contributed by atoms with Gasteiger partial charge in [0.2, 0.25) is 0 Å². The first kappa shape index (κ1) is 16.2. The molecule has 0 aromatic carbocycles. The molecule has 2 aliphatic rings. The van der Waals surface area contributed by atoms with Crippen LogP contribution in [0.3, 0.4) is 0 Å². The fourth-order valence-corrected chi connectivity index (χ4v) is 4.09. The van der Waals surface area contributed by atoms with E-state index in [4.69, 9.17) is 0 Å². The van der Waals surface area contributed by atoms with Crippen molar-refractivity contribution in [2.24, 2.45) is 17.3 Å². The Morgan fingerprint density at radius 1 is 1.38 bits per heavy atom. The molecule has 5 heteroatoms. The van der Waals surface area contributed by atoms with Crippen molar-refractivity contribution in [3.63, 3.8) is 0 Å². The fourth-order valence-electron chi connectivity index (χ4n) is 4.09. The maximum atomic E-state index is 11.7. The van der Waals surface area contributed by atoms with Gasteiger partial charge in [0.1, 0.15) is 0 Å². The number of rotatable bonds is 2. The van der Waals surface area contributed by atoms with Gasteiger partial charge in [-0.25, -0.2) is 4.79 Å². The predicted octanol–water partition coefficient (Wildman–Crippen LogP) is 0.791. The minimum atomic E-state index is -1.01. The van der Waals surface area contributed by atoms with Gasteiger partial charge in [0.05, 0.1) is 25.4 Å². The molecule has 0 radical (unpaired) electrons. The van der Waals surface area contributed by atoms with Crippen LogP contribution in [0.4, 0.5) is 0 Å². The van der Waals surface area contributed by atoms with E-state index in [9.17, 15) is 20.1 Å². The number of aliphatic hydroxyl groups is 3. The zero-order valence-electron chi connectivity index (χ0n) is 12.6. The number of ether oxygens (including phenoxy) is 1. The Morgan fingerprint density at radius 2 is 2.00 bits per heavy atom. The van der Waals surface area contributed by atoms with E-state index in [1.54, 1.807) is 0 Å². The SMILES string of the molecule is C=C(C(=O)OC)C1C(O)CC2(C)C(O)CCC(=C)C2C1O. The lowest BCUT2D eigenvalue weighted by Crippen LogP contribution is -2.59. The average molecular weight is 296 g/mol. The molecule has 0 aromatic rings. The molecular weight excluding hydrogens is 272 g/mol. The van der Waals surface area contributed by atoms with Gasteiger partial charge in [-0.2, -0.15) is 0 Å². The highest BCUT2D eigenvalue weighted by atomic mass is 16.5. The van der Waals surface area contributed by atoms with Gasteiger partial charge in [-0.1, -0.05) is 25.7 Å². The second kappa shape index (κ2) is 5.55. The van der Waals surface area contributed by atoms with Crippen molar-refractivity contribution in [1.82, 2.24) is 0 Å². The van der Waals surface area contributed by atoms with Crippen LogP contribution in [0.1, 0.15) is 26.2 Å². The van der Waals surface area contributed by atoms with Crippen LogP contribution < -0.4 is 0 Å². The molecular formula is C16H24O5. The lowest BCUT2D eigenvalue weighted by atomic mass is 9.53. The Balaban J connectivity index is 2.36. The third-order valence-corrected chi connectivity index (χ3v) is 5.27. The minimum absolute atomic E-state index is 0.0624. The van der Waals surface area contributed by atoms with Crippen molar-refractivity contribution in [2.45, 2.75) is 44.5 Å². The number of hydrogen-bond acceptors (Lipinski definition) is 5. The molecule has 2 aliphatic carbocycles. The van der Waals surface area contributed by atoms with Crippen LogP contribution in [0, 0.1) is 17.3 Å². The molecule has 6 unspecified atom stereocenters. The molecule has 21 heavy (non-hydrogen) atoms. The van der Waals surface area contributed by atoms with Crippen molar-refractivity contribution in [1.29, 1.82) is 0 Å². The first-order valence-corrected chi connectivity index (χ1v) is 7.23. The van der Waals surface area contributed by atoms with Crippen LogP contribution in [0.25, 0.3) is 0 Å². The molecule has 2 saturated carbocycles. The number of hydrogen-bond donors (Lipinski definition) is 3. The summed E-state index contributed by atoms with van der Waals surface area (Å²) in [6, 6.07) is 0. The third kappa shape index (κ3) is 2.43. The Bertz CT molecular complexity index is 471. The maximum absolute atomic E-state index is 11.7. The fraction of sp³-hybridized carbons (Fsp3) is 0.688. The van der Waals surface area contributed by atoms with Crippen LogP contribution in [0.2, 0.25) is 0 Å². The largest absolute Gasteiger partial charge is 0.466 e. The van der Waals surface area contributed by atoms with E-state index in [1.165, 1.54) is 7.11 Å². The summed E-state index contributed by atoms with van der Waals surface area (Å²) in [5.41, 5.74) is 0.276. The number of carbonyl (C=O) groups excluding carboxylic acids is 1. The van der Waals surface area contributed by atoms with E-state index in [0.29, 0.717) is 12.8 Å². The summed E-state index contributed by atoms with van der Waals surface area (Å²) in [6.07, 6.45) is -1.07. The van der Waals surface area contributed by atoms with Crippen LogP contribution in [-0.2, 0) is 9.53 Å². The first-order chi connectivity index (χ1) is 9.74. The van der Waals surface area contributed by atoms with E-state index in [2.05, 4.69) is 17.9 Å². The summed E-state index contributed by atoms with van der Waals surface area (Å²) in [4.78, 5) is 11.7. The lowest BCUT2D eigenvalue weighted by Gasteiger charge is -2.55.